The fourth-order valence-electron chi connectivity index (χ4n) is 0.509. The van der Waals surface area contributed by atoms with E-state index in [4.69, 9.17) is 34.7 Å². The molecule has 11 heavy (non-hydrogen) atoms. The molecule has 4 N–H and O–H groups in total. The summed E-state index contributed by atoms with van der Waals surface area (Å²) in [7, 11) is 0. The molecule has 0 heterocycles. The van der Waals surface area contributed by atoms with Gasteiger partial charge in [-0.1, -0.05) is 23.2 Å². The zero-order chi connectivity index (χ0) is 9.28. The lowest BCUT2D eigenvalue weighted by molar-refractivity contribution is -0.174. The maximum Gasteiger partial charge on any atom is 0.397 e. The van der Waals surface area contributed by atoms with Crippen molar-refractivity contribution >= 4 is 23.2 Å². The molecule has 0 rings (SSSR count). The van der Waals surface area contributed by atoms with Crippen molar-refractivity contribution in [2.75, 3.05) is 6.54 Å². The van der Waals surface area contributed by atoms with Gasteiger partial charge in [0.05, 0.1) is 0 Å². The van der Waals surface area contributed by atoms with Crippen LogP contribution in [0.2, 0.25) is 0 Å². The third-order valence-electron chi connectivity index (χ3n) is 1.10. The van der Waals surface area contributed by atoms with Gasteiger partial charge in [0, 0.05) is 6.54 Å². The smallest absolute Gasteiger partial charge is 0.330 e. The van der Waals surface area contributed by atoms with Crippen LogP contribution in [-0.4, -0.2) is 17.2 Å². The van der Waals surface area contributed by atoms with Crippen LogP contribution < -0.4 is 11.5 Å². The van der Waals surface area contributed by atoms with Gasteiger partial charge in [-0.2, -0.15) is 13.2 Å². The summed E-state index contributed by atoms with van der Waals surface area (Å²) in [6.07, 6.45) is -4.56. The largest absolute Gasteiger partial charge is 0.397 e. The Labute approximate surface area is 71.6 Å². The summed E-state index contributed by atoms with van der Waals surface area (Å²) in [6, 6.07) is 0. The molecular weight excluding hydrogens is 204 g/mol. The van der Waals surface area contributed by atoms with E-state index in [1.807, 2.05) is 0 Å². The maximum atomic E-state index is 11.9. The average Bonchev–Trinajstić information content (AvgIpc) is 1.56. The van der Waals surface area contributed by atoms with Crippen molar-refractivity contribution in [3.63, 3.8) is 0 Å². The molecule has 0 saturated carbocycles. The Morgan fingerprint density at radius 2 is 1.64 bits per heavy atom. The molecule has 0 aromatic heterocycles. The van der Waals surface area contributed by atoms with E-state index in [9.17, 15) is 13.2 Å². The molecule has 1 unspecified atom stereocenters. The molecule has 0 aliphatic carbocycles. The minimum Gasteiger partial charge on any atom is -0.330 e. The molecule has 0 radical (unpaired) electrons. The molecule has 68 valence electrons. The molecule has 0 aromatic rings. The zero-order valence-corrected chi connectivity index (χ0v) is 6.84. The Balaban J connectivity index is 4.43. The Bertz CT molecular complexity index is 116. The van der Waals surface area contributed by atoms with Crippen molar-refractivity contribution in [1.29, 1.82) is 0 Å². The van der Waals surface area contributed by atoms with Gasteiger partial charge in [0.25, 0.3) is 0 Å². The van der Waals surface area contributed by atoms with Crippen molar-refractivity contribution in [1.82, 2.24) is 0 Å². The van der Waals surface area contributed by atoms with E-state index < -0.39 is 23.1 Å². The first-order valence-corrected chi connectivity index (χ1v) is 3.38. The summed E-state index contributed by atoms with van der Waals surface area (Å²) in [5, 5.41) is 0. The van der Waals surface area contributed by atoms with Crippen molar-refractivity contribution in [3.8, 4) is 0 Å². The molecule has 1 atom stereocenters. The molecule has 0 spiro atoms. The third-order valence-corrected chi connectivity index (χ3v) is 1.62. The van der Waals surface area contributed by atoms with Crippen LogP contribution in [0.1, 0.15) is 0 Å². The lowest BCUT2D eigenvalue weighted by Crippen LogP contribution is -2.48. The van der Waals surface area contributed by atoms with Gasteiger partial charge in [0.1, 0.15) is 5.92 Å². The fourth-order valence-corrected chi connectivity index (χ4v) is 0.935. The first-order chi connectivity index (χ1) is 4.69. The van der Waals surface area contributed by atoms with E-state index in [-0.39, 0.29) is 0 Å². The van der Waals surface area contributed by atoms with Gasteiger partial charge in [-0.3, -0.25) is 5.73 Å². The van der Waals surface area contributed by atoms with Crippen LogP contribution in [0.5, 0.6) is 0 Å². The van der Waals surface area contributed by atoms with Crippen LogP contribution in [-0.2, 0) is 0 Å². The number of alkyl halides is 5. The van der Waals surface area contributed by atoms with E-state index in [2.05, 4.69) is 0 Å². The Hall–Kier alpha value is 0.290. The maximum absolute atomic E-state index is 11.9. The van der Waals surface area contributed by atoms with Crippen molar-refractivity contribution < 1.29 is 13.2 Å². The number of nitrogens with two attached hydrogens (primary N) is 2. The van der Waals surface area contributed by atoms with Gasteiger partial charge in [0.2, 0.25) is 0 Å². The highest BCUT2D eigenvalue weighted by molar-refractivity contribution is 6.48. The molecule has 0 aliphatic rings. The van der Waals surface area contributed by atoms with E-state index in [0.29, 0.717) is 0 Å². The minimum absolute atomic E-state index is 0.729. The molecular formula is C4H7Cl2F3N2. The summed E-state index contributed by atoms with van der Waals surface area (Å²) in [6.45, 7) is -0.729. The van der Waals surface area contributed by atoms with Gasteiger partial charge in [-0.25, -0.2) is 0 Å². The van der Waals surface area contributed by atoms with Crippen LogP contribution in [0.4, 0.5) is 13.2 Å². The molecule has 0 aliphatic heterocycles. The number of rotatable bonds is 2. The molecule has 7 heteroatoms. The lowest BCUT2D eigenvalue weighted by Gasteiger charge is -2.26. The van der Waals surface area contributed by atoms with Crippen molar-refractivity contribution in [3.05, 3.63) is 0 Å². The van der Waals surface area contributed by atoms with Crippen LogP contribution >= 0.6 is 23.2 Å². The summed E-state index contributed by atoms with van der Waals surface area (Å²) >= 11 is 10.1. The van der Waals surface area contributed by atoms with Gasteiger partial charge in [-0.15, -0.1) is 0 Å². The summed E-state index contributed by atoms with van der Waals surface area (Å²) < 4.78 is 33.3. The first-order valence-electron chi connectivity index (χ1n) is 2.63. The standard InChI is InChI=1S/C4H7Cl2F3N2/c5-3(6,11)2(1-10)4(7,8)9/h2H,1,10-11H2. The second-order valence-corrected chi connectivity index (χ2v) is 3.45. The molecule has 0 aromatic carbocycles. The topological polar surface area (TPSA) is 52.0 Å². The van der Waals surface area contributed by atoms with Gasteiger partial charge >= 0.3 is 6.18 Å². The Morgan fingerprint density at radius 1 is 1.27 bits per heavy atom. The zero-order valence-electron chi connectivity index (χ0n) is 5.33. The highest BCUT2D eigenvalue weighted by atomic mass is 35.5. The Morgan fingerprint density at radius 3 is 1.64 bits per heavy atom. The van der Waals surface area contributed by atoms with Gasteiger partial charge < -0.3 is 5.73 Å². The van der Waals surface area contributed by atoms with Gasteiger partial charge in [0.15, 0.2) is 4.46 Å². The predicted molar refractivity (Wildman–Crippen MR) is 37.2 cm³/mol. The fraction of sp³-hybridized carbons (Fsp3) is 1.00. The first kappa shape index (κ1) is 11.3. The predicted octanol–water partition coefficient (Wildman–Crippen LogP) is 1.21. The summed E-state index contributed by atoms with van der Waals surface area (Å²) in [4.78, 5) is 0. The summed E-state index contributed by atoms with van der Waals surface area (Å²) in [5.74, 6) is -2.10. The number of hydrogen-bond acceptors (Lipinski definition) is 2. The quantitative estimate of drug-likeness (QED) is 0.532. The second-order valence-electron chi connectivity index (χ2n) is 2.00. The van der Waals surface area contributed by atoms with Crippen molar-refractivity contribution in [2.45, 2.75) is 10.6 Å². The second kappa shape index (κ2) is 3.35. The van der Waals surface area contributed by atoms with E-state index in [1.165, 1.54) is 0 Å². The third kappa shape index (κ3) is 3.46. The van der Waals surface area contributed by atoms with Crippen LogP contribution in [0.3, 0.4) is 0 Å². The monoisotopic (exact) mass is 210 g/mol. The normalized spacial score (nSPS) is 16.6. The van der Waals surface area contributed by atoms with E-state index in [0.717, 1.165) is 0 Å². The van der Waals surface area contributed by atoms with Crippen LogP contribution in [0.15, 0.2) is 0 Å². The Kier molecular flexibility index (Phi) is 3.43. The highest BCUT2D eigenvalue weighted by Gasteiger charge is 2.49. The molecule has 2 nitrogen and oxygen atoms in total. The minimum atomic E-state index is -4.56. The van der Waals surface area contributed by atoms with E-state index in [1.54, 1.807) is 0 Å². The van der Waals surface area contributed by atoms with Crippen LogP contribution in [0.25, 0.3) is 0 Å². The van der Waals surface area contributed by atoms with Crippen LogP contribution in [0, 0.1) is 5.92 Å². The SMILES string of the molecule is NCC(C(F)(F)F)C(N)(Cl)Cl. The summed E-state index contributed by atoms with van der Waals surface area (Å²) in [5.41, 5.74) is 9.58. The number of hydrogen-bond donors (Lipinski definition) is 2. The average molecular weight is 211 g/mol. The highest BCUT2D eigenvalue weighted by Crippen LogP contribution is 2.36. The van der Waals surface area contributed by atoms with E-state index >= 15 is 0 Å². The molecule has 0 bridgehead atoms. The molecule has 0 saturated heterocycles. The van der Waals surface area contributed by atoms with Gasteiger partial charge in [-0.05, 0) is 0 Å². The lowest BCUT2D eigenvalue weighted by atomic mass is 10.1. The molecule has 0 amide bonds. The number of halogens is 5. The van der Waals surface area contributed by atoms with Crippen molar-refractivity contribution in [2.24, 2.45) is 17.4 Å². The molecule has 0 fully saturated rings.